The average Bonchev–Trinajstić information content (AvgIpc) is 3.11. The molecule has 5 heteroatoms. The van der Waals surface area contributed by atoms with Crippen molar-refractivity contribution in [1.29, 1.82) is 0 Å². The third kappa shape index (κ3) is 2.86. The average molecular weight is 307 g/mol. The molecule has 1 saturated heterocycles. The van der Waals surface area contributed by atoms with Crippen molar-refractivity contribution in [3.8, 4) is 0 Å². The highest BCUT2D eigenvalue weighted by Crippen LogP contribution is 2.29. The van der Waals surface area contributed by atoms with E-state index in [0.717, 1.165) is 30.1 Å². The fourth-order valence-corrected chi connectivity index (χ4v) is 3.51. The molecule has 1 atom stereocenters. The summed E-state index contributed by atoms with van der Waals surface area (Å²) in [6.07, 6.45) is 3.21. The lowest BCUT2D eigenvalue weighted by atomic mass is 10.1. The van der Waals surface area contributed by atoms with Crippen molar-refractivity contribution in [2.45, 2.75) is 18.8 Å². The van der Waals surface area contributed by atoms with E-state index in [9.17, 15) is 4.79 Å². The molecule has 0 aliphatic carbocycles. The Kier molecular flexibility index (Phi) is 4.03. The molecule has 1 amide bonds. The predicted molar refractivity (Wildman–Crippen MR) is 81.2 cm³/mol. The quantitative estimate of drug-likeness (QED) is 0.871. The van der Waals surface area contributed by atoms with Crippen molar-refractivity contribution in [2.75, 3.05) is 13.1 Å². The van der Waals surface area contributed by atoms with E-state index in [2.05, 4.69) is 4.98 Å². The summed E-state index contributed by atoms with van der Waals surface area (Å²) >= 11 is 7.78. The molecule has 0 spiro atoms. The first-order valence-electron chi connectivity index (χ1n) is 6.64. The second kappa shape index (κ2) is 5.94. The minimum absolute atomic E-state index is 0.150. The van der Waals surface area contributed by atoms with Gasteiger partial charge in [0.1, 0.15) is 0 Å². The minimum Gasteiger partial charge on any atom is -0.342 e. The first-order valence-corrected chi connectivity index (χ1v) is 7.90. The van der Waals surface area contributed by atoms with Gasteiger partial charge in [0.25, 0.3) is 0 Å². The summed E-state index contributed by atoms with van der Waals surface area (Å²) < 4.78 is 0. The zero-order valence-electron chi connectivity index (χ0n) is 11.0. The molecule has 0 saturated carbocycles. The van der Waals surface area contributed by atoms with Crippen LogP contribution in [0.3, 0.4) is 0 Å². The number of hydrogen-bond donors (Lipinski definition) is 0. The Morgan fingerprint density at radius 2 is 2.30 bits per heavy atom. The summed E-state index contributed by atoms with van der Waals surface area (Å²) in [6.45, 7) is 1.59. The fraction of sp³-hybridized carbons (Fsp3) is 0.333. The molecular weight excluding hydrogens is 292 g/mol. The van der Waals surface area contributed by atoms with Crippen molar-refractivity contribution in [3.05, 3.63) is 51.4 Å². The monoisotopic (exact) mass is 306 g/mol. The smallest absolute Gasteiger partial charge is 0.227 e. The second-order valence-electron chi connectivity index (χ2n) is 4.96. The van der Waals surface area contributed by atoms with E-state index in [1.54, 1.807) is 11.3 Å². The predicted octanol–water partition coefficient (Wildman–Crippen LogP) is 3.36. The van der Waals surface area contributed by atoms with E-state index in [0.29, 0.717) is 17.4 Å². The van der Waals surface area contributed by atoms with Crippen LogP contribution in [0, 0.1) is 0 Å². The molecule has 0 radical (unpaired) electrons. The summed E-state index contributed by atoms with van der Waals surface area (Å²) in [7, 11) is 0. The third-order valence-corrected chi connectivity index (χ3v) is 4.95. The molecule has 1 fully saturated rings. The van der Waals surface area contributed by atoms with Crippen LogP contribution in [-0.2, 0) is 11.2 Å². The van der Waals surface area contributed by atoms with Crippen molar-refractivity contribution in [1.82, 2.24) is 9.88 Å². The van der Waals surface area contributed by atoms with Crippen molar-refractivity contribution in [3.63, 3.8) is 0 Å². The van der Waals surface area contributed by atoms with E-state index in [1.165, 1.54) is 0 Å². The van der Waals surface area contributed by atoms with Crippen LogP contribution >= 0.6 is 22.9 Å². The van der Waals surface area contributed by atoms with Gasteiger partial charge in [0, 0.05) is 35.6 Å². The number of hydrogen-bond acceptors (Lipinski definition) is 3. The lowest BCUT2D eigenvalue weighted by Gasteiger charge is -2.16. The molecule has 1 aromatic carbocycles. The number of thiazole rings is 1. The second-order valence-corrected chi connectivity index (χ2v) is 6.30. The molecule has 0 bridgehead atoms. The molecule has 3 rings (SSSR count). The van der Waals surface area contributed by atoms with Crippen LogP contribution in [0.5, 0.6) is 0 Å². The number of halogens is 1. The lowest BCUT2D eigenvalue weighted by molar-refractivity contribution is -0.129. The third-order valence-electron chi connectivity index (χ3n) is 3.64. The van der Waals surface area contributed by atoms with Crippen molar-refractivity contribution >= 4 is 28.8 Å². The van der Waals surface area contributed by atoms with E-state index >= 15 is 0 Å². The maximum Gasteiger partial charge on any atom is 0.227 e. The first-order chi connectivity index (χ1) is 9.74. The van der Waals surface area contributed by atoms with E-state index in [4.69, 9.17) is 11.6 Å². The van der Waals surface area contributed by atoms with Crippen molar-refractivity contribution < 1.29 is 4.79 Å². The molecule has 104 valence electrons. The maximum absolute atomic E-state index is 12.3. The summed E-state index contributed by atoms with van der Waals surface area (Å²) in [5, 5.41) is 3.79. The zero-order chi connectivity index (χ0) is 13.9. The molecule has 3 nitrogen and oxygen atoms in total. The van der Waals surface area contributed by atoms with Crippen LogP contribution in [0.2, 0.25) is 5.02 Å². The van der Waals surface area contributed by atoms with Gasteiger partial charge >= 0.3 is 0 Å². The van der Waals surface area contributed by atoms with Gasteiger partial charge in [-0.25, -0.2) is 4.98 Å². The van der Waals surface area contributed by atoms with Crippen LogP contribution in [0.1, 0.15) is 22.9 Å². The highest BCUT2D eigenvalue weighted by Gasteiger charge is 2.28. The molecule has 2 aromatic rings. The summed E-state index contributed by atoms with van der Waals surface area (Å²) in [5.74, 6) is 0.544. The molecule has 1 aliphatic heterocycles. The first kappa shape index (κ1) is 13.6. The van der Waals surface area contributed by atoms with E-state index in [-0.39, 0.29) is 5.91 Å². The maximum atomic E-state index is 12.3. The highest BCUT2D eigenvalue weighted by atomic mass is 35.5. The van der Waals surface area contributed by atoms with E-state index < -0.39 is 0 Å². The Morgan fingerprint density at radius 3 is 3.05 bits per heavy atom. The van der Waals surface area contributed by atoms with Gasteiger partial charge in [0.2, 0.25) is 5.91 Å². The standard InChI is InChI=1S/C15H15ClN2OS/c16-13-4-2-1-3-11(13)9-14(19)18-7-5-12(10-18)15-17-6-8-20-15/h1-4,6,8,12H,5,7,9-10H2. The number of benzene rings is 1. The molecule has 20 heavy (non-hydrogen) atoms. The van der Waals surface area contributed by atoms with Crippen LogP contribution in [0.15, 0.2) is 35.8 Å². The van der Waals surface area contributed by atoms with Gasteiger partial charge < -0.3 is 4.90 Å². The number of carbonyl (C=O) groups excluding carboxylic acids is 1. The number of nitrogens with zero attached hydrogens (tertiary/aromatic N) is 2. The Hall–Kier alpha value is -1.39. The van der Waals surface area contributed by atoms with E-state index in [1.807, 2.05) is 40.7 Å². The molecule has 2 heterocycles. The van der Waals surface area contributed by atoms with Crippen LogP contribution in [-0.4, -0.2) is 28.9 Å². The molecule has 1 unspecified atom stereocenters. The number of aromatic nitrogens is 1. The minimum atomic E-state index is 0.150. The van der Waals surface area contributed by atoms with Crippen LogP contribution in [0.25, 0.3) is 0 Å². The van der Waals surface area contributed by atoms with Gasteiger partial charge in [-0.3, -0.25) is 4.79 Å². The normalized spacial score (nSPS) is 18.4. The summed E-state index contributed by atoms with van der Waals surface area (Å²) in [6, 6.07) is 7.53. The molecular formula is C15H15ClN2OS. The highest BCUT2D eigenvalue weighted by molar-refractivity contribution is 7.09. The molecule has 1 aromatic heterocycles. The topological polar surface area (TPSA) is 33.2 Å². The number of likely N-dealkylation sites (tertiary alicyclic amines) is 1. The number of amides is 1. The van der Waals surface area contributed by atoms with Gasteiger partial charge in [0.05, 0.1) is 11.4 Å². The Bertz CT molecular complexity index is 600. The molecule has 0 N–H and O–H groups in total. The Balaban J connectivity index is 1.63. The van der Waals surface area contributed by atoms with Crippen LogP contribution < -0.4 is 0 Å². The zero-order valence-corrected chi connectivity index (χ0v) is 12.5. The van der Waals surface area contributed by atoms with Crippen molar-refractivity contribution in [2.24, 2.45) is 0 Å². The van der Waals surface area contributed by atoms with Gasteiger partial charge in [0.15, 0.2) is 0 Å². The van der Waals surface area contributed by atoms with Gasteiger partial charge in [-0.2, -0.15) is 0 Å². The Morgan fingerprint density at radius 1 is 1.45 bits per heavy atom. The number of rotatable bonds is 3. The summed E-state index contributed by atoms with van der Waals surface area (Å²) in [5.41, 5.74) is 0.900. The van der Waals surface area contributed by atoms with Gasteiger partial charge in [-0.1, -0.05) is 29.8 Å². The van der Waals surface area contributed by atoms with Gasteiger partial charge in [-0.05, 0) is 18.1 Å². The van der Waals surface area contributed by atoms with Crippen LogP contribution in [0.4, 0.5) is 0 Å². The fourth-order valence-electron chi connectivity index (χ4n) is 2.54. The summed E-state index contributed by atoms with van der Waals surface area (Å²) in [4.78, 5) is 18.6. The SMILES string of the molecule is O=C(Cc1ccccc1Cl)N1CCC(c2nccs2)C1. The van der Waals surface area contributed by atoms with Gasteiger partial charge in [-0.15, -0.1) is 11.3 Å². The number of carbonyl (C=O) groups is 1. The Labute approximate surface area is 127 Å². The lowest BCUT2D eigenvalue weighted by Crippen LogP contribution is -2.29. The largest absolute Gasteiger partial charge is 0.342 e. The molecule has 1 aliphatic rings.